The summed E-state index contributed by atoms with van der Waals surface area (Å²) in [5, 5.41) is 7.50. The van der Waals surface area contributed by atoms with Crippen LogP contribution in [-0.2, 0) is 11.3 Å². The van der Waals surface area contributed by atoms with Gasteiger partial charge in [0.2, 0.25) is 0 Å². The lowest BCUT2D eigenvalue weighted by atomic mass is 10.2. The summed E-state index contributed by atoms with van der Waals surface area (Å²) in [6.45, 7) is 8.58. The van der Waals surface area contributed by atoms with Gasteiger partial charge in [0.05, 0.1) is 18.3 Å². The summed E-state index contributed by atoms with van der Waals surface area (Å²) in [6, 6.07) is 8.48. The highest BCUT2D eigenvalue weighted by atomic mass is 32.1. The molecule has 8 heteroatoms. The number of aryl methyl sites for hydroxylation is 1. The zero-order chi connectivity index (χ0) is 21.5. The number of nitrogens with one attached hydrogen (secondary N) is 2. The van der Waals surface area contributed by atoms with Crippen LogP contribution in [-0.4, -0.2) is 43.7 Å². The topological polar surface area (TPSA) is 78.8 Å². The van der Waals surface area contributed by atoms with Gasteiger partial charge in [-0.15, -0.1) is 11.3 Å². The SMILES string of the molecule is CCOC(=O)c1sc(C(C)NC(=NC)NCc2ccc(N3CC=CC3)cc2)nc1C. The molecule has 0 spiro atoms. The second kappa shape index (κ2) is 10.2. The molecular weight excluding hydrogens is 398 g/mol. The van der Waals surface area contributed by atoms with Crippen molar-refractivity contribution in [2.45, 2.75) is 33.4 Å². The monoisotopic (exact) mass is 427 g/mol. The number of guanidine groups is 1. The number of hydrogen-bond acceptors (Lipinski definition) is 6. The van der Waals surface area contributed by atoms with Gasteiger partial charge in [0.25, 0.3) is 0 Å². The highest BCUT2D eigenvalue weighted by Crippen LogP contribution is 2.24. The van der Waals surface area contributed by atoms with Crippen LogP contribution in [0.25, 0.3) is 0 Å². The Morgan fingerprint density at radius 2 is 2.00 bits per heavy atom. The lowest BCUT2D eigenvalue weighted by Crippen LogP contribution is -2.38. The molecule has 2 N–H and O–H groups in total. The van der Waals surface area contributed by atoms with Gasteiger partial charge < -0.3 is 20.3 Å². The molecule has 160 valence electrons. The van der Waals surface area contributed by atoms with Crippen LogP contribution in [0.15, 0.2) is 41.4 Å². The number of hydrogen-bond donors (Lipinski definition) is 2. The van der Waals surface area contributed by atoms with E-state index in [2.05, 4.69) is 61.9 Å². The van der Waals surface area contributed by atoms with Crippen molar-refractivity contribution in [3.63, 3.8) is 0 Å². The van der Waals surface area contributed by atoms with E-state index in [0.717, 1.165) is 18.1 Å². The number of benzene rings is 1. The molecule has 7 nitrogen and oxygen atoms in total. The van der Waals surface area contributed by atoms with E-state index in [9.17, 15) is 4.79 Å². The molecule has 1 aromatic carbocycles. The maximum Gasteiger partial charge on any atom is 0.350 e. The molecule has 1 aromatic heterocycles. The zero-order valence-corrected chi connectivity index (χ0v) is 18.8. The number of carbonyl (C=O) groups is 1. The summed E-state index contributed by atoms with van der Waals surface area (Å²) < 4.78 is 5.10. The molecule has 2 aromatic rings. The fraction of sp³-hybridized carbons (Fsp3) is 0.409. The van der Waals surface area contributed by atoms with E-state index in [1.54, 1.807) is 14.0 Å². The number of aromatic nitrogens is 1. The molecule has 0 amide bonds. The Morgan fingerprint density at radius 1 is 1.30 bits per heavy atom. The van der Waals surface area contributed by atoms with Crippen molar-refractivity contribution in [3.8, 4) is 0 Å². The van der Waals surface area contributed by atoms with Crippen molar-refractivity contribution < 1.29 is 9.53 Å². The van der Waals surface area contributed by atoms with Gasteiger partial charge >= 0.3 is 5.97 Å². The van der Waals surface area contributed by atoms with Crippen LogP contribution in [0, 0.1) is 6.92 Å². The third-order valence-corrected chi connectivity index (χ3v) is 6.12. The minimum Gasteiger partial charge on any atom is -0.462 e. The molecule has 2 heterocycles. The maximum atomic E-state index is 12.0. The molecule has 0 radical (unpaired) electrons. The van der Waals surface area contributed by atoms with Crippen LogP contribution >= 0.6 is 11.3 Å². The highest BCUT2D eigenvalue weighted by molar-refractivity contribution is 7.13. The van der Waals surface area contributed by atoms with E-state index in [0.29, 0.717) is 29.7 Å². The summed E-state index contributed by atoms with van der Waals surface area (Å²) in [4.78, 5) is 23.7. The van der Waals surface area contributed by atoms with Crippen LogP contribution in [0.3, 0.4) is 0 Å². The van der Waals surface area contributed by atoms with Crippen molar-refractivity contribution in [1.29, 1.82) is 0 Å². The summed E-state index contributed by atoms with van der Waals surface area (Å²) >= 11 is 1.36. The molecule has 0 saturated carbocycles. The van der Waals surface area contributed by atoms with Crippen molar-refractivity contribution in [3.05, 3.63) is 57.6 Å². The first-order valence-corrected chi connectivity index (χ1v) is 10.9. The van der Waals surface area contributed by atoms with Gasteiger partial charge in [0.1, 0.15) is 9.88 Å². The quantitative estimate of drug-likeness (QED) is 0.305. The van der Waals surface area contributed by atoms with Gasteiger partial charge in [-0.3, -0.25) is 4.99 Å². The first-order valence-electron chi connectivity index (χ1n) is 10.1. The lowest BCUT2D eigenvalue weighted by Gasteiger charge is -2.19. The van der Waals surface area contributed by atoms with E-state index >= 15 is 0 Å². The fourth-order valence-corrected chi connectivity index (χ4v) is 4.11. The molecular formula is C22H29N5O2S. The van der Waals surface area contributed by atoms with Gasteiger partial charge in [-0.1, -0.05) is 24.3 Å². The molecule has 0 fully saturated rings. The third-order valence-electron chi connectivity index (χ3n) is 4.80. The maximum absolute atomic E-state index is 12.0. The fourth-order valence-electron chi connectivity index (χ4n) is 3.15. The van der Waals surface area contributed by atoms with Crippen molar-refractivity contribution in [2.75, 3.05) is 31.6 Å². The molecule has 1 aliphatic rings. The third kappa shape index (κ3) is 5.38. The van der Waals surface area contributed by atoms with Gasteiger partial charge in [0.15, 0.2) is 5.96 Å². The molecule has 1 atom stereocenters. The number of anilines is 1. The predicted octanol–water partition coefficient (Wildman–Crippen LogP) is 3.43. The minimum atomic E-state index is -0.318. The molecule has 1 unspecified atom stereocenters. The number of nitrogens with zero attached hydrogens (tertiary/aromatic N) is 3. The Balaban J connectivity index is 1.55. The van der Waals surface area contributed by atoms with Crippen LogP contribution in [0.4, 0.5) is 5.69 Å². The van der Waals surface area contributed by atoms with E-state index in [1.165, 1.54) is 22.6 Å². The van der Waals surface area contributed by atoms with Gasteiger partial charge in [-0.2, -0.15) is 0 Å². The summed E-state index contributed by atoms with van der Waals surface area (Å²) in [5.41, 5.74) is 3.10. The largest absolute Gasteiger partial charge is 0.462 e. The minimum absolute atomic E-state index is 0.0897. The van der Waals surface area contributed by atoms with Crippen LogP contribution in [0.1, 0.15) is 45.8 Å². The van der Waals surface area contributed by atoms with E-state index in [-0.39, 0.29) is 12.0 Å². The van der Waals surface area contributed by atoms with Gasteiger partial charge in [0, 0.05) is 32.4 Å². The van der Waals surface area contributed by atoms with E-state index in [4.69, 9.17) is 4.74 Å². The summed E-state index contributed by atoms with van der Waals surface area (Å²) in [7, 11) is 1.74. The Kier molecular flexibility index (Phi) is 7.46. The van der Waals surface area contributed by atoms with Gasteiger partial charge in [-0.25, -0.2) is 9.78 Å². The molecule has 1 aliphatic heterocycles. The number of thiazole rings is 1. The predicted molar refractivity (Wildman–Crippen MR) is 122 cm³/mol. The average Bonchev–Trinajstić information content (AvgIpc) is 3.41. The highest BCUT2D eigenvalue weighted by Gasteiger charge is 2.20. The summed E-state index contributed by atoms with van der Waals surface area (Å²) in [5.74, 6) is 0.363. The number of aliphatic imine (C=N–C) groups is 1. The Morgan fingerprint density at radius 3 is 2.63 bits per heavy atom. The van der Waals surface area contributed by atoms with E-state index in [1.807, 2.05) is 13.8 Å². The number of carbonyl (C=O) groups excluding carboxylic acids is 1. The number of rotatable bonds is 7. The van der Waals surface area contributed by atoms with E-state index < -0.39 is 0 Å². The molecule has 30 heavy (non-hydrogen) atoms. The van der Waals surface area contributed by atoms with Gasteiger partial charge in [-0.05, 0) is 38.5 Å². The van der Waals surface area contributed by atoms with Crippen LogP contribution in [0.2, 0.25) is 0 Å². The normalized spacial score (nSPS) is 14.7. The number of esters is 1. The molecule has 3 rings (SSSR count). The second-order valence-electron chi connectivity index (χ2n) is 7.02. The number of ether oxygens (including phenoxy) is 1. The second-order valence-corrected chi connectivity index (χ2v) is 8.05. The lowest BCUT2D eigenvalue weighted by molar-refractivity contribution is 0.0531. The standard InChI is InChI=1S/C22H29N5O2S/c1-5-29-21(28)19-15(2)25-20(30-19)16(3)26-22(23-4)24-14-17-8-10-18(11-9-17)27-12-6-7-13-27/h6-11,16H,5,12-14H2,1-4H3,(H2,23,24,26). The molecule has 0 aliphatic carbocycles. The zero-order valence-electron chi connectivity index (χ0n) is 17.9. The van der Waals surface area contributed by atoms with Crippen molar-refractivity contribution >= 4 is 29.0 Å². The average molecular weight is 428 g/mol. The van der Waals surface area contributed by atoms with Crippen molar-refractivity contribution in [1.82, 2.24) is 15.6 Å². The Labute approximate surface area is 181 Å². The van der Waals surface area contributed by atoms with Crippen LogP contribution in [0.5, 0.6) is 0 Å². The van der Waals surface area contributed by atoms with Crippen molar-refractivity contribution in [2.24, 2.45) is 4.99 Å². The first kappa shape index (κ1) is 21.8. The Hall–Kier alpha value is -2.87. The molecule has 0 bridgehead atoms. The first-order chi connectivity index (χ1) is 14.5. The molecule has 0 saturated heterocycles. The smallest absolute Gasteiger partial charge is 0.350 e. The summed E-state index contributed by atoms with van der Waals surface area (Å²) in [6.07, 6.45) is 4.37. The van der Waals surface area contributed by atoms with Crippen LogP contribution < -0.4 is 15.5 Å². The Bertz CT molecular complexity index is 912.